The summed E-state index contributed by atoms with van der Waals surface area (Å²) < 4.78 is 0. The van der Waals surface area contributed by atoms with E-state index in [1.807, 2.05) is 6.92 Å². The summed E-state index contributed by atoms with van der Waals surface area (Å²) in [5, 5.41) is 10.5. The van der Waals surface area contributed by atoms with Crippen LogP contribution in [0.3, 0.4) is 0 Å². The Balaban J connectivity index is 1.75. The van der Waals surface area contributed by atoms with Crippen molar-refractivity contribution in [2.75, 3.05) is 0 Å². The van der Waals surface area contributed by atoms with E-state index in [9.17, 15) is 9.90 Å². The predicted octanol–water partition coefficient (Wildman–Crippen LogP) is 3.13. The molecule has 0 saturated heterocycles. The maximum atomic E-state index is 12.3. The summed E-state index contributed by atoms with van der Waals surface area (Å²) in [6.45, 7) is 6.56. The molecule has 0 aromatic heterocycles. The van der Waals surface area contributed by atoms with E-state index in [1.165, 1.54) is 11.1 Å². The molecule has 6 atom stereocenters. The molecule has 0 radical (unpaired) electrons. The lowest BCUT2D eigenvalue weighted by molar-refractivity contribution is -0.119. The van der Waals surface area contributed by atoms with Crippen LogP contribution in [0.25, 0.3) is 0 Å². The summed E-state index contributed by atoms with van der Waals surface area (Å²) in [5.74, 6) is 1.08. The number of hydrogen-bond acceptors (Lipinski definition) is 3. The number of rotatable bonds is 0. The van der Waals surface area contributed by atoms with Crippen LogP contribution in [0, 0.1) is 22.7 Å². The number of aliphatic hydroxyl groups is 1. The van der Waals surface area contributed by atoms with E-state index in [0.717, 1.165) is 32.1 Å². The van der Waals surface area contributed by atoms with E-state index in [4.69, 9.17) is 5.73 Å². The van der Waals surface area contributed by atoms with Crippen LogP contribution >= 0.6 is 0 Å². The molecule has 3 nitrogen and oxygen atoms in total. The van der Waals surface area contributed by atoms with E-state index in [1.54, 1.807) is 0 Å². The summed E-state index contributed by atoms with van der Waals surface area (Å²) in [7, 11) is 0. The van der Waals surface area contributed by atoms with Crippen LogP contribution in [0.15, 0.2) is 23.3 Å². The largest absolute Gasteiger partial charge is 0.390 e. The third kappa shape index (κ3) is 1.99. The molecule has 4 aliphatic rings. The van der Waals surface area contributed by atoms with Crippen LogP contribution in [0.2, 0.25) is 0 Å². The van der Waals surface area contributed by atoms with Gasteiger partial charge in [-0.25, -0.2) is 0 Å². The third-order valence-electron chi connectivity index (χ3n) is 7.77. The van der Waals surface area contributed by atoms with Crippen LogP contribution in [0.5, 0.6) is 0 Å². The Kier molecular flexibility index (Phi) is 3.10. The van der Waals surface area contributed by atoms with Crippen molar-refractivity contribution in [2.24, 2.45) is 28.4 Å². The van der Waals surface area contributed by atoms with E-state index >= 15 is 0 Å². The zero-order chi connectivity index (χ0) is 16.6. The number of fused-ring (bicyclic) bond motifs is 5. The second-order valence-electron chi connectivity index (χ2n) is 9.25. The van der Waals surface area contributed by atoms with Crippen molar-refractivity contribution in [3.05, 3.63) is 23.3 Å². The number of Topliss-reactive ketones (excluding diaryl/α,β-unsaturated/α-hetero) is 1. The molecular formula is C20H29NO2. The summed E-state index contributed by atoms with van der Waals surface area (Å²) in [6.07, 6.45) is 10.0. The van der Waals surface area contributed by atoms with Gasteiger partial charge in [0.15, 0.2) is 5.78 Å². The molecule has 4 rings (SSSR count). The summed E-state index contributed by atoms with van der Waals surface area (Å²) in [4.78, 5) is 12.3. The van der Waals surface area contributed by atoms with Crippen molar-refractivity contribution in [1.82, 2.24) is 0 Å². The molecule has 3 saturated carbocycles. The molecule has 3 heteroatoms. The Morgan fingerprint density at radius 2 is 1.87 bits per heavy atom. The molecule has 23 heavy (non-hydrogen) atoms. The lowest BCUT2D eigenvalue weighted by Gasteiger charge is -2.55. The smallest absolute Gasteiger partial charge is 0.150 e. The van der Waals surface area contributed by atoms with E-state index < -0.39 is 5.60 Å². The van der Waals surface area contributed by atoms with Gasteiger partial charge in [0.05, 0.1) is 11.6 Å². The van der Waals surface area contributed by atoms with Crippen molar-refractivity contribution in [3.8, 4) is 0 Å². The minimum atomic E-state index is -0.564. The predicted molar refractivity (Wildman–Crippen MR) is 90.7 cm³/mol. The van der Waals surface area contributed by atoms with Gasteiger partial charge in [-0.05, 0) is 61.7 Å². The molecular weight excluding hydrogens is 286 g/mol. The van der Waals surface area contributed by atoms with E-state index in [2.05, 4.69) is 26.0 Å². The monoisotopic (exact) mass is 315 g/mol. The highest BCUT2D eigenvalue weighted by Gasteiger charge is 2.58. The zero-order valence-corrected chi connectivity index (χ0v) is 14.6. The van der Waals surface area contributed by atoms with E-state index in [-0.39, 0.29) is 22.7 Å². The number of hydrogen-bond donors (Lipinski definition) is 2. The molecule has 0 aromatic rings. The van der Waals surface area contributed by atoms with Gasteiger partial charge in [0.25, 0.3) is 0 Å². The van der Waals surface area contributed by atoms with Gasteiger partial charge < -0.3 is 10.8 Å². The highest BCUT2D eigenvalue weighted by Crippen LogP contribution is 2.63. The van der Waals surface area contributed by atoms with E-state index in [0.29, 0.717) is 18.3 Å². The first-order valence-electron chi connectivity index (χ1n) is 9.09. The van der Waals surface area contributed by atoms with Gasteiger partial charge in [0, 0.05) is 6.42 Å². The minimum Gasteiger partial charge on any atom is -0.390 e. The van der Waals surface area contributed by atoms with Gasteiger partial charge in [-0.15, -0.1) is 0 Å². The Morgan fingerprint density at radius 3 is 2.61 bits per heavy atom. The zero-order valence-electron chi connectivity index (χ0n) is 14.6. The number of carbonyl (C=O) groups is 1. The highest BCUT2D eigenvalue weighted by atomic mass is 16.3. The van der Waals surface area contributed by atoms with Crippen molar-refractivity contribution < 1.29 is 9.90 Å². The molecule has 0 bridgehead atoms. The number of nitrogens with two attached hydrogens (primary N) is 1. The normalized spacial score (nSPS) is 52.2. The van der Waals surface area contributed by atoms with Crippen molar-refractivity contribution in [3.63, 3.8) is 0 Å². The Bertz CT molecular complexity index is 632. The Morgan fingerprint density at radius 1 is 1.13 bits per heavy atom. The molecule has 0 amide bonds. The lowest BCUT2D eigenvalue weighted by atomic mass is 9.50. The number of carbonyl (C=O) groups excluding carboxylic acids is 1. The molecule has 4 aliphatic carbocycles. The van der Waals surface area contributed by atoms with Gasteiger partial charge in [-0.1, -0.05) is 37.1 Å². The molecule has 3 N–H and O–H groups in total. The topological polar surface area (TPSA) is 63.3 Å². The van der Waals surface area contributed by atoms with Gasteiger partial charge in [0.2, 0.25) is 0 Å². The van der Waals surface area contributed by atoms with Crippen molar-refractivity contribution in [2.45, 2.75) is 70.9 Å². The van der Waals surface area contributed by atoms with Crippen molar-refractivity contribution >= 4 is 5.78 Å². The summed E-state index contributed by atoms with van der Waals surface area (Å²) in [6, 6.07) is -0.292. The van der Waals surface area contributed by atoms with Crippen LogP contribution in [-0.2, 0) is 4.79 Å². The summed E-state index contributed by atoms with van der Waals surface area (Å²) >= 11 is 0. The molecule has 0 unspecified atom stereocenters. The molecule has 0 aliphatic heterocycles. The number of ketones is 1. The fourth-order valence-electron chi connectivity index (χ4n) is 5.99. The number of allylic oxidation sites excluding steroid dienone is 3. The average molecular weight is 315 g/mol. The quantitative estimate of drug-likeness (QED) is 0.722. The van der Waals surface area contributed by atoms with Crippen LogP contribution < -0.4 is 5.73 Å². The maximum absolute atomic E-state index is 12.3. The molecule has 0 heterocycles. The fourth-order valence-corrected chi connectivity index (χ4v) is 5.99. The summed E-state index contributed by atoms with van der Waals surface area (Å²) in [5.41, 5.74) is 8.67. The second-order valence-corrected chi connectivity index (χ2v) is 9.25. The van der Waals surface area contributed by atoms with Crippen LogP contribution in [0.1, 0.15) is 59.3 Å². The molecule has 126 valence electrons. The van der Waals surface area contributed by atoms with Gasteiger partial charge in [-0.3, -0.25) is 4.79 Å². The second kappa shape index (κ2) is 4.58. The molecule has 3 fully saturated rings. The van der Waals surface area contributed by atoms with Gasteiger partial charge in [0.1, 0.15) is 0 Å². The fraction of sp³-hybridized carbons (Fsp3) is 0.750. The molecule has 0 aromatic carbocycles. The highest BCUT2D eigenvalue weighted by molar-refractivity contribution is 5.88. The van der Waals surface area contributed by atoms with Crippen molar-refractivity contribution in [1.29, 1.82) is 0 Å². The third-order valence-corrected chi connectivity index (χ3v) is 7.77. The SMILES string of the molecule is C[C@]1(O)CC[C@@]2(C)C(=CC=C3[C@@H]4CC(=O)[C@H](N)[C@@]4(C)CC[C@@H]32)C1. The van der Waals surface area contributed by atoms with Crippen LogP contribution in [-0.4, -0.2) is 22.5 Å². The Hall–Kier alpha value is -0.930. The molecule has 0 spiro atoms. The standard InChI is InChI=1S/C20H29NO2/c1-18(23)8-9-19(2)12(11-18)4-5-13-14(19)6-7-20(3)15(13)10-16(22)17(20)21/h4-5,14-15,17,23H,6-11,21H2,1-3H3/t14-,15-,17-,18-,19-,20-/m0/s1. The van der Waals surface area contributed by atoms with Gasteiger partial charge >= 0.3 is 0 Å². The van der Waals surface area contributed by atoms with Crippen LogP contribution in [0.4, 0.5) is 0 Å². The maximum Gasteiger partial charge on any atom is 0.150 e. The first kappa shape index (κ1) is 15.6. The first-order chi connectivity index (χ1) is 10.7. The minimum absolute atomic E-state index is 0.0543. The average Bonchev–Trinajstić information content (AvgIpc) is 2.71. The Labute approximate surface area is 139 Å². The first-order valence-corrected chi connectivity index (χ1v) is 9.09. The lowest BCUT2D eigenvalue weighted by Crippen LogP contribution is -2.50. The van der Waals surface area contributed by atoms with Gasteiger partial charge in [-0.2, -0.15) is 0 Å².